The van der Waals surface area contributed by atoms with Crippen LogP contribution in [0.5, 0.6) is 0 Å². The first-order valence-corrected chi connectivity index (χ1v) is 40.9. The van der Waals surface area contributed by atoms with E-state index >= 15 is 33.6 Å². The normalized spacial score (nSPS) is 25.1. The van der Waals surface area contributed by atoms with Crippen molar-refractivity contribution in [2.75, 3.05) is 0 Å². The molecule has 0 heterocycles. The summed E-state index contributed by atoms with van der Waals surface area (Å²) in [6.07, 6.45) is 21.0. The Morgan fingerprint density at radius 3 is 0.510 bits per heavy atom. The fraction of sp³-hybridized carbons (Fsp3) is 0.919. The van der Waals surface area contributed by atoms with Crippen LogP contribution in [0.15, 0.2) is 0 Å². The van der Waals surface area contributed by atoms with Gasteiger partial charge in [0, 0.05) is 0 Å². The average molecular weight is 1400 g/mol. The summed E-state index contributed by atoms with van der Waals surface area (Å²) in [5.74, 6) is -3.88. The van der Waals surface area contributed by atoms with E-state index in [2.05, 4.69) is 96.9 Å². The lowest BCUT2D eigenvalue weighted by Crippen LogP contribution is -2.54. The van der Waals surface area contributed by atoms with Crippen molar-refractivity contribution in [1.82, 2.24) is 0 Å². The lowest BCUT2D eigenvalue weighted by atomic mass is 9.57. The number of esters is 7. The van der Waals surface area contributed by atoms with Gasteiger partial charge in [0.15, 0.2) is 0 Å². The van der Waals surface area contributed by atoms with Crippen LogP contribution in [0.4, 0.5) is 0 Å². The SMILES string of the molecule is CCC(C)(CC(C)(CC(C)(CC(C)(CC(C)(CC(C)(CC(C)(C)C(=O)OC1(C(C)C)CCCC1)C(=O)OC1(C(C)C)CCCC1)C(=O)OC1(C(C)C)CCCC1)C(=O)OC1(C(C)C)CCCC1)C(=O)OC1(C(C)C)CCCC1)C(=O)OC1(C(C)C)CCCC1)C(=O)OC1(C(C)C)CCCC1. The average Bonchev–Trinajstić information content (AvgIpc) is 1.60. The number of hydrogen-bond acceptors (Lipinski definition) is 14. The zero-order valence-electron chi connectivity index (χ0n) is 68.0. The highest BCUT2D eigenvalue weighted by Gasteiger charge is 2.63. The lowest BCUT2D eigenvalue weighted by molar-refractivity contribution is -0.197. The van der Waals surface area contributed by atoms with E-state index in [4.69, 9.17) is 33.2 Å². The molecule has 0 amide bonds. The molecule has 574 valence electrons. The molecule has 0 radical (unpaired) electrons. The van der Waals surface area contributed by atoms with Gasteiger partial charge in [0.1, 0.15) is 39.2 Å². The maximum Gasteiger partial charge on any atom is 0.312 e. The summed E-state index contributed by atoms with van der Waals surface area (Å²) in [5.41, 5.74) is -16.6. The summed E-state index contributed by atoms with van der Waals surface area (Å²) in [4.78, 5) is 114. The van der Waals surface area contributed by atoms with E-state index in [9.17, 15) is 0 Å². The highest BCUT2D eigenvalue weighted by molar-refractivity contribution is 5.87. The van der Waals surface area contributed by atoms with Crippen LogP contribution in [0.3, 0.4) is 0 Å². The molecule has 7 fully saturated rings. The van der Waals surface area contributed by atoms with Crippen LogP contribution in [-0.4, -0.2) is 81.0 Å². The summed E-state index contributed by atoms with van der Waals surface area (Å²) in [7, 11) is 0. The predicted molar refractivity (Wildman–Crippen MR) is 395 cm³/mol. The van der Waals surface area contributed by atoms with Gasteiger partial charge in [0.2, 0.25) is 0 Å². The van der Waals surface area contributed by atoms with E-state index in [1.165, 1.54) is 0 Å². The number of ether oxygens (including phenoxy) is 7. The zero-order valence-corrected chi connectivity index (χ0v) is 68.0. The van der Waals surface area contributed by atoms with Crippen molar-refractivity contribution in [3.63, 3.8) is 0 Å². The smallest absolute Gasteiger partial charge is 0.312 e. The van der Waals surface area contributed by atoms with Crippen LogP contribution in [0.25, 0.3) is 0 Å². The quantitative estimate of drug-likeness (QED) is 0.0438. The molecule has 0 bridgehead atoms. The van der Waals surface area contributed by atoms with Crippen molar-refractivity contribution in [3.8, 4) is 0 Å². The van der Waals surface area contributed by atoms with Gasteiger partial charge in [-0.2, -0.15) is 0 Å². The van der Waals surface area contributed by atoms with E-state index in [0.717, 1.165) is 116 Å². The number of rotatable bonds is 34. The third-order valence-corrected chi connectivity index (χ3v) is 28.6. The van der Waals surface area contributed by atoms with E-state index in [-0.39, 0.29) is 85.9 Å². The van der Waals surface area contributed by atoms with Crippen LogP contribution < -0.4 is 0 Å². The van der Waals surface area contributed by atoms with Crippen LogP contribution in [0.1, 0.15) is 384 Å². The van der Waals surface area contributed by atoms with E-state index in [0.29, 0.717) is 70.6 Å². The fourth-order valence-corrected chi connectivity index (χ4v) is 21.3. The minimum atomic E-state index is -1.79. The minimum absolute atomic E-state index is 0.0392. The van der Waals surface area contributed by atoms with Crippen molar-refractivity contribution < 1.29 is 66.7 Å². The topological polar surface area (TPSA) is 184 Å². The number of carbonyl (C=O) groups excluding carboxylic acids is 7. The molecule has 0 aromatic rings. The Bertz CT molecular complexity index is 2810. The van der Waals surface area contributed by atoms with Gasteiger partial charge in [-0.1, -0.05) is 104 Å². The van der Waals surface area contributed by atoms with Gasteiger partial charge in [-0.3, -0.25) is 33.6 Å². The highest BCUT2D eigenvalue weighted by Crippen LogP contribution is 2.59. The van der Waals surface area contributed by atoms with Crippen LogP contribution >= 0.6 is 0 Å². The molecule has 0 saturated heterocycles. The predicted octanol–water partition coefficient (Wildman–Crippen LogP) is 21.4. The standard InChI is InChI=1S/C86H146O14/c1-24-74(18,67(88)95-81(60(4)5)41-27-28-42-81)54-76(20,69(90)97-83(62(8)9)45-31-32-46-83)56-78(22,71(92)99-85(64(12)13)49-35-36-50-85)58-79(23,72(93)100-86(65(14)15)51-37-38-52-86)57-77(21,70(91)98-84(63(10)11)47-33-34-48-84)55-75(19,68(89)96-82(61(6)7)43-29-30-44-82)53-73(16,17)66(87)94-80(59(2)3)39-25-26-40-80/h59-65H,24-58H2,1-23H3. The Morgan fingerprint density at radius 2 is 0.360 bits per heavy atom. The molecule has 0 spiro atoms. The zero-order chi connectivity index (χ0) is 74.8. The molecule has 6 unspecified atom stereocenters. The Balaban J connectivity index is 1.50. The third-order valence-electron chi connectivity index (χ3n) is 28.6. The molecule has 0 aromatic carbocycles. The first-order valence-electron chi connectivity index (χ1n) is 40.9. The molecule has 7 saturated carbocycles. The second-order valence-corrected chi connectivity index (χ2v) is 39.4. The third kappa shape index (κ3) is 17.4. The van der Waals surface area contributed by atoms with Gasteiger partial charge in [0.25, 0.3) is 0 Å². The van der Waals surface area contributed by atoms with Gasteiger partial charge in [-0.15, -0.1) is 0 Å². The van der Waals surface area contributed by atoms with Crippen molar-refractivity contribution in [2.24, 2.45) is 79.3 Å². The maximum atomic E-state index is 17.0. The van der Waals surface area contributed by atoms with Crippen molar-refractivity contribution in [2.45, 2.75) is 423 Å². The molecule has 100 heavy (non-hydrogen) atoms. The Hall–Kier alpha value is -3.71. The molecule has 0 aliphatic heterocycles. The molecule has 6 atom stereocenters. The number of hydrogen-bond donors (Lipinski definition) is 0. The molecule has 0 aromatic heterocycles. The molecule has 7 aliphatic rings. The fourth-order valence-electron chi connectivity index (χ4n) is 21.3. The summed E-state index contributed by atoms with van der Waals surface area (Å²) in [6.45, 7) is 46.1. The van der Waals surface area contributed by atoms with Crippen LogP contribution in [-0.2, 0) is 66.7 Å². The second-order valence-electron chi connectivity index (χ2n) is 39.4. The van der Waals surface area contributed by atoms with Crippen molar-refractivity contribution in [1.29, 1.82) is 0 Å². The van der Waals surface area contributed by atoms with Gasteiger partial charge in [0.05, 0.1) is 37.9 Å². The van der Waals surface area contributed by atoms with Crippen LogP contribution in [0, 0.1) is 79.3 Å². The van der Waals surface area contributed by atoms with Gasteiger partial charge in [-0.05, 0) is 322 Å². The minimum Gasteiger partial charge on any atom is -0.458 e. The Morgan fingerprint density at radius 1 is 0.230 bits per heavy atom. The first-order chi connectivity index (χ1) is 46.3. The Kier molecular flexibility index (Phi) is 26.2. The lowest BCUT2D eigenvalue weighted by Gasteiger charge is -2.49. The maximum absolute atomic E-state index is 17.0. The van der Waals surface area contributed by atoms with Crippen molar-refractivity contribution >= 4 is 41.8 Å². The second kappa shape index (κ2) is 31.4. The molecule has 7 rings (SSSR count). The number of carbonyl (C=O) groups is 7. The van der Waals surface area contributed by atoms with Gasteiger partial charge >= 0.3 is 41.8 Å². The van der Waals surface area contributed by atoms with E-state index < -0.39 is 113 Å². The van der Waals surface area contributed by atoms with Gasteiger partial charge in [-0.25, -0.2) is 0 Å². The largest absolute Gasteiger partial charge is 0.458 e. The Labute approximate surface area is 608 Å². The summed E-state index contributed by atoms with van der Waals surface area (Å²) >= 11 is 0. The molecular formula is C86H146O14. The van der Waals surface area contributed by atoms with E-state index in [1.54, 1.807) is 0 Å². The summed E-state index contributed by atoms with van der Waals surface area (Å²) < 4.78 is 49.4. The monoisotopic (exact) mass is 1400 g/mol. The summed E-state index contributed by atoms with van der Waals surface area (Å²) in [5, 5.41) is 0. The molecule has 14 nitrogen and oxygen atoms in total. The molecule has 14 heteroatoms. The summed E-state index contributed by atoms with van der Waals surface area (Å²) in [6, 6.07) is 0. The van der Waals surface area contributed by atoms with Gasteiger partial charge < -0.3 is 33.2 Å². The molecule has 7 aliphatic carbocycles. The van der Waals surface area contributed by atoms with E-state index in [1.807, 2.05) is 62.3 Å². The molecule has 0 N–H and O–H groups in total. The van der Waals surface area contributed by atoms with Crippen molar-refractivity contribution in [3.05, 3.63) is 0 Å². The highest BCUT2D eigenvalue weighted by atomic mass is 16.6. The first kappa shape index (κ1) is 83.6. The van der Waals surface area contributed by atoms with Crippen LogP contribution in [0.2, 0.25) is 0 Å². The molecular weight excluding hydrogens is 1260 g/mol.